The second-order valence-electron chi connectivity index (χ2n) is 5.01. The molecule has 23 heavy (non-hydrogen) atoms. The summed E-state index contributed by atoms with van der Waals surface area (Å²) in [6, 6.07) is 4.53. The molecular formula is C13H12ClN5O3S. The number of thioether (sulfide) groups is 1. The van der Waals surface area contributed by atoms with Crippen LogP contribution in [0.1, 0.15) is 18.9 Å². The summed E-state index contributed by atoms with van der Waals surface area (Å²) in [5, 5.41) is 22.3. The summed E-state index contributed by atoms with van der Waals surface area (Å²) in [6.07, 6.45) is 3.84. The molecule has 0 radical (unpaired) electrons. The van der Waals surface area contributed by atoms with E-state index in [1.165, 1.54) is 30.0 Å². The molecule has 0 spiro atoms. The molecule has 0 aliphatic heterocycles. The first kappa shape index (κ1) is 15.8. The Balaban J connectivity index is 1.63. The summed E-state index contributed by atoms with van der Waals surface area (Å²) in [5.41, 5.74) is -0.120. The molecule has 2 aromatic rings. The number of anilines is 1. The molecule has 1 amide bonds. The lowest BCUT2D eigenvalue weighted by molar-refractivity contribution is -0.383. The largest absolute Gasteiger partial charge is 0.320 e. The van der Waals surface area contributed by atoms with Crippen LogP contribution in [-0.2, 0) is 4.79 Å². The van der Waals surface area contributed by atoms with Crippen LogP contribution < -0.4 is 5.32 Å². The minimum atomic E-state index is -0.585. The molecule has 0 atom stereocenters. The lowest BCUT2D eigenvalue weighted by Crippen LogP contribution is -2.15. The predicted octanol–water partition coefficient (Wildman–Crippen LogP) is 2.91. The van der Waals surface area contributed by atoms with Crippen molar-refractivity contribution in [2.75, 3.05) is 11.1 Å². The zero-order chi connectivity index (χ0) is 16.4. The third-order valence-electron chi connectivity index (χ3n) is 3.24. The van der Waals surface area contributed by atoms with Gasteiger partial charge in [0.15, 0.2) is 5.16 Å². The number of hydrogen-bond acceptors (Lipinski definition) is 6. The summed E-state index contributed by atoms with van der Waals surface area (Å²) in [4.78, 5) is 22.4. The van der Waals surface area contributed by atoms with Crippen molar-refractivity contribution in [1.29, 1.82) is 0 Å². The fourth-order valence-electron chi connectivity index (χ4n) is 2.02. The van der Waals surface area contributed by atoms with Gasteiger partial charge >= 0.3 is 0 Å². The number of amides is 1. The Hall–Kier alpha value is -2.13. The highest BCUT2D eigenvalue weighted by Crippen LogP contribution is 2.37. The van der Waals surface area contributed by atoms with Gasteiger partial charge in [0.25, 0.3) is 5.69 Å². The Bertz CT molecular complexity index is 762. The molecule has 0 unspecified atom stereocenters. The Morgan fingerprint density at radius 1 is 1.52 bits per heavy atom. The Kier molecular flexibility index (Phi) is 4.49. The number of nitro groups is 1. The van der Waals surface area contributed by atoms with E-state index in [1.807, 2.05) is 4.57 Å². The summed E-state index contributed by atoms with van der Waals surface area (Å²) in [5.74, 6) is -0.267. The minimum Gasteiger partial charge on any atom is -0.320 e. The molecule has 10 heteroatoms. The van der Waals surface area contributed by atoms with E-state index in [0.29, 0.717) is 11.2 Å². The standard InChI is InChI=1S/C13H12ClN5O3S/c14-8-1-4-10(11(5-8)19(21)22)16-12(20)6-23-13-17-15-7-18(13)9-2-3-9/h1,4-5,7,9H,2-3,6H2,(H,16,20). The first-order chi connectivity index (χ1) is 11.0. The second kappa shape index (κ2) is 6.55. The maximum atomic E-state index is 12.0. The van der Waals surface area contributed by atoms with E-state index < -0.39 is 4.92 Å². The van der Waals surface area contributed by atoms with Crippen LogP contribution in [-0.4, -0.2) is 31.3 Å². The van der Waals surface area contributed by atoms with E-state index in [1.54, 1.807) is 6.33 Å². The number of nitrogens with zero attached hydrogens (tertiary/aromatic N) is 4. The van der Waals surface area contributed by atoms with Gasteiger partial charge < -0.3 is 9.88 Å². The van der Waals surface area contributed by atoms with Crippen LogP contribution in [0, 0.1) is 10.1 Å². The molecule has 1 aromatic carbocycles. The minimum absolute atomic E-state index is 0.0885. The van der Waals surface area contributed by atoms with Crippen molar-refractivity contribution in [3.05, 3.63) is 39.7 Å². The van der Waals surface area contributed by atoms with Gasteiger partial charge in [-0.3, -0.25) is 14.9 Å². The molecule has 8 nitrogen and oxygen atoms in total. The van der Waals surface area contributed by atoms with Crippen molar-refractivity contribution in [1.82, 2.24) is 14.8 Å². The van der Waals surface area contributed by atoms with Crippen molar-refractivity contribution in [3.8, 4) is 0 Å². The van der Waals surface area contributed by atoms with Crippen molar-refractivity contribution < 1.29 is 9.72 Å². The zero-order valence-corrected chi connectivity index (χ0v) is 13.4. The van der Waals surface area contributed by atoms with Gasteiger partial charge in [-0.25, -0.2) is 0 Å². The van der Waals surface area contributed by atoms with Gasteiger partial charge in [-0.05, 0) is 25.0 Å². The number of nitrogens with one attached hydrogen (secondary N) is 1. The van der Waals surface area contributed by atoms with E-state index in [-0.39, 0.29) is 28.1 Å². The van der Waals surface area contributed by atoms with Gasteiger partial charge in [0.05, 0.1) is 10.7 Å². The number of benzene rings is 1. The van der Waals surface area contributed by atoms with Crippen LogP contribution in [0.3, 0.4) is 0 Å². The summed E-state index contributed by atoms with van der Waals surface area (Å²) < 4.78 is 1.95. The van der Waals surface area contributed by atoms with E-state index in [2.05, 4.69) is 15.5 Å². The van der Waals surface area contributed by atoms with Gasteiger partial charge in [-0.2, -0.15) is 0 Å². The highest BCUT2D eigenvalue weighted by Gasteiger charge is 2.26. The lowest BCUT2D eigenvalue weighted by Gasteiger charge is -2.07. The monoisotopic (exact) mass is 353 g/mol. The molecule has 1 fully saturated rings. The van der Waals surface area contributed by atoms with Crippen LogP contribution in [0.5, 0.6) is 0 Å². The van der Waals surface area contributed by atoms with Crippen LogP contribution in [0.4, 0.5) is 11.4 Å². The number of aromatic nitrogens is 3. The number of hydrogen-bond donors (Lipinski definition) is 1. The second-order valence-corrected chi connectivity index (χ2v) is 6.39. The Morgan fingerprint density at radius 3 is 3.00 bits per heavy atom. The summed E-state index contributed by atoms with van der Waals surface area (Å²) >= 11 is 6.99. The maximum Gasteiger partial charge on any atom is 0.294 e. The third kappa shape index (κ3) is 3.80. The van der Waals surface area contributed by atoms with Crippen molar-refractivity contribution in [3.63, 3.8) is 0 Å². The maximum absolute atomic E-state index is 12.0. The molecule has 1 aromatic heterocycles. The molecule has 1 saturated carbocycles. The number of carbonyl (C=O) groups is 1. The van der Waals surface area contributed by atoms with Crippen molar-refractivity contribution in [2.45, 2.75) is 24.0 Å². The van der Waals surface area contributed by atoms with Gasteiger partial charge in [0.2, 0.25) is 5.91 Å². The molecular weight excluding hydrogens is 342 g/mol. The molecule has 0 saturated heterocycles. The molecule has 1 N–H and O–H groups in total. The van der Waals surface area contributed by atoms with Crippen molar-refractivity contribution in [2.24, 2.45) is 0 Å². The first-order valence-electron chi connectivity index (χ1n) is 6.80. The van der Waals surface area contributed by atoms with E-state index >= 15 is 0 Å². The van der Waals surface area contributed by atoms with Crippen LogP contribution >= 0.6 is 23.4 Å². The summed E-state index contributed by atoms with van der Waals surface area (Å²) in [7, 11) is 0. The average molecular weight is 354 g/mol. The summed E-state index contributed by atoms with van der Waals surface area (Å²) in [6.45, 7) is 0. The molecule has 0 bridgehead atoms. The Morgan fingerprint density at radius 2 is 2.30 bits per heavy atom. The molecule has 1 aliphatic carbocycles. The molecule has 3 rings (SSSR count). The highest BCUT2D eigenvalue weighted by atomic mass is 35.5. The molecule has 120 valence electrons. The van der Waals surface area contributed by atoms with E-state index in [0.717, 1.165) is 12.8 Å². The van der Waals surface area contributed by atoms with Gasteiger partial charge in [-0.15, -0.1) is 10.2 Å². The normalized spacial score (nSPS) is 13.8. The number of rotatable bonds is 6. The zero-order valence-electron chi connectivity index (χ0n) is 11.8. The van der Waals surface area contributed by atoms with Crippen molar-refractivity contribution >= 4 is 40.6 Å². The van der Waals surface area contributed by atoms with Crippen LogP contribution in [0.25, 0.3) is 0 Å². The number of halogens is 1. The molecule has 1 heterocycles. The number of nitro benzene ring substituents is 1. The Labute approximate surface area is 140 Å². The average Bonchev–Trinajstić information content (AvgIpc) is 3.25. The van der Waals surface area contributed by atoms with E-state index in [9.17, 15) is 14.9 Å². The molecule has 1 aliphatic rings. The smallest absolute Gasteiger partial charge is 0.294 e. The topological polar surface area (TPSA) is 103 Å². The highest BCUT2D eigenvalue weighted by molar-refractivity contribution is 7.99. The van der Waals surface area contributed by atoms with Gasteiger partial charge in [0, 0.05) is 17.1 Å². The van der Waals surface area contributed by atoms with E-state index in [4.69, 9.17) is 11.6 Å². The fourth-order valence-corrected chi connectivity index (χ4v) is 2.97. The first-order valence-corrected chi connectivity index (χ1v) is 8.17. The van der Waals surface area contributed by atoms with Gasteiger partial charge in [-0.1, -0.05) is 23.4 Å². The van der Waals surface area contributed by atoms with Crippen LogP contribution in [0.2, 0.25) is 5.02 Å². The number of carbonyl (C=O) groups excluding carboxylic acids is 1. The fraction of sp³-hybridized carbons (Fsp3) is 0.308. The SMILES string of the molecule is O=C(CSc1nncn1C1CC1)Nc1ccc(Cl)cc1[N+](=O)[O-]. The predicted molar refractivity (Wildman–Crippen MR) is 85.8 cm³/mol. The lowest BCUT2D eigenvalue weighted by atomic mass is 10.2. The van der Waals surface area contributed by atoms with Gasteiger partial charge in [0.1, 0.15) is 12.0 Å². The quantitative estimate of drug-likeness (QED) is 0.486. The third-order valence-corrected chi connectivity index (χ3v) is 4.44. The van der Waals surface area contributed by atoms with Crippen LogP contribution in [0.15, 0.2) is 29.7 Å².